The standard InChI is InChI=1S/C26H37F2NO4/c1-20(11-10-14-21-12-6-5-7-13-21)23(30)17-16-22-19-26(27,28)25(32)29(22)18-9-4-3-8-15-24(31)33-2/h5-7,12-13,16-17,20,22-23,30H,3-4,8-11,14-15,18-19H2,1-2H3/b17-16+/t20?,22-,23+/m0/s1. The molecule has 7 heteroatoms. The molecule has 0 aromatic heterocycles. The monoisotopic (exact) mass is 465 g/mol. The second-order valence-electron chi connectivity index (χ2n) is 8.95. The van der Waals surface area contributed by atoms with Crippen molar-refractivity contribution >= 4 is 11.9 Å². The number of carbonyl (C=O) groups excluding carboxylic acids is 2. The fourth-order valence-corrected chi connectivity index (χ4v) is 4.14. The number of aliphatic hydroxyl groups is 1. The van der Waals surface area contributed by atoms with Gasteiger partial charge in [0.05, 0.1) is 19.3 Å². The Hall–Kier alpha value is -2.28. The maximum atomic E-state index is 14.1. The van der Waals surface area contributed by atoms with Crippen LogP contribution in [0, 0.1) is 5.92 Å². The number of benzene rings is 1. The number of methoxy groups -OCH3 is 1. The van der Waals surface area contributed by atoms with Crippen LogP contribution in [0.3, 0.4) is 0 Å². The third kappa shape index (κ3) is 8.88. The van der Waals surface area contributed by atoms with E-state index in [0.29, 0.717) is 19.3 Å². The van der Waals surface area contributed by atoms with E-state index in [2.05, 4.69) is 16.9 Å². The summed E-state index contributed by atoms with van der Waals surface area (Å²) in [5, 5.41) is 10.5. The van der Waals surface area contributed by atoms with Crippen LogP contribution in [-0.4, -0.2) is 53.6 Å². The molecule has 1 aromatic rings. The molecule has 3 atom stereocenters. The van der Waals surface area contributed by atoms with E-state index in [4.69, 9.17) is 0 Å². The average molecular weight is 466 g/mol. The van der Waals surface area contributed by atoms with Crippen molar-refractivity contribution in [1.82, 2.24) is 4.90 Å². The predicted octanol–water partition coefficient (Wildman–Crippen LogP) is 4.92. The third-order valence-electron chi connectivity index (χ3n) is 6.28. The number of alkyl halides is 2. The van der Waals surface area contributed by atoms with Crippen molar-refractivity contribution in [3.63, 3.8) is 0 Å². The molecule has 0 aliphatic carbocycles. The number of aryl methyl sites for hydroxylation is 1. The molecule has 2 rings (SSSR count). The summed E-state index contributed by atoms with van der Waals surface area (Å²) in [6.07, 6.45) is 7.61. The van der Waals surface area contributed by atoms with Crippen LogP contribution in [0.4, 0.5) is 8.78 Å². The average Bonchev–Trinajstić information content (AvgIpc) is 3.02. The van der Waals surface area contributed by atoms with E-state index < -0.39 is 30.4 Å². The highest BCUT2D eigenvalue weighted by molar-refractivity contribution is 5.86. The molecule has 1 N–H and O–H groups in total. The second kappa shape index (κ2) is 13.4. The Balaban J connectivity index is 1.79. The third-order valence-corrected chi connectivity index (χ3v) is 6.28. The van der Waals surface area contributed by atoms with Crippen molar-refractivity contribution in [3.05, 3.63) is 48.0 Å². The number of hydrogen-bond acceptors (Lipinski definition) is 4. The van der Waals surface area contributed by atoms with Gasteiger partial charge in [0.15, 0.2) is 0 Å². The van der Waals surface area contributed by atoms with Crippen LogP contribution in [0.15, 0.2) is 42.5 Å². The molecule has 5 nitrogen and oxygen atoms in total. The van der Waals surface area contributed by atoms with Crippen molar-refractivity contribution in [2.75, 3.05) is 13.7 Å². The van der Waals surface area contributed by atoms with Gasteiger partial charge in [-0.2, -0.15) is 8.78 Å². The first kappa shape index (κ1) is 27.0. The van der Waals surface area contributed by atoms with Gasteiger partial charge < -0.3 is 14.7 Å². The number of aliphatic hydroxyl groups excluding tert-OH is 1. The van der Waals surface area contributed by atoms with Gasteiger partial charge in [-0.25, -0.2) is 0 Å². The number of amides is 1. The Labute approximate surface area is 195 Å². The van der Waals surface area contributed by atoms with Gasteiger partial charge in [-0.1, -0.05) is 62.2 Å². The van der Waals surface area contributed by atoms with Gasteiger partial charge >= 0.3 is 11.9 Å². The summed E-state index contributed by atoms with van der Waals surface area (Å²) in [6.45, 7) is 2.19. The van der Waals surface area contributed by atoms with Gasteiger partial charge in [0.25, 0.3) is 5.91 Å². The normalized spacial score (nSPS) is 19.7. The van der Waals surface area contributed by atoms with Gasteiger partial charge in [0.2, 0.25) is 0 Å². The van der Waals surface area contributed by atoms with Gasteiger partial charge in [0, 0.05) is 19.4 Å². The van der Waals surface area contributed by atoms with E-state index in [1.165, 1.54) is 17.6 Å². The van der Waals surface area contributed by atoms with Crippen LogP contribution in [-0.2, 0) is 20.7 Å². The van der Waals surface area contributed by atoms with E-state index in [-0.39, 0.29) is 18.4 Å². The fraction of sp³-hybridized carbons (Fsp3) is 0.615. The van der Waals surface area contributed by atoms with E-state index >= 15 is 0 Å². The van der Waals surface area contributed by atoms with Crippen molar-refractivity contribution in [3.8, 4) is 0 Å². The first-order chi connectivity index (χ1) is 15.7. The molecule has 184 valence electrons. The first-order valence-electron chi connectivity index (χ1n) is 11.9. The summed E-state index contributed by atoms with van der Waals surface area (Å²) in [7, 11) is 1.34. The summed E-state index contributed by atoms with van der Waals surface area (Å²) in [5.74, 6) is -4.78. The highest BCUT2D eigenvalue weighted by atomic mass is 19.3. The number of carbonyl (C=O) groups is 2. The van der Waals surface area contributed by atoms with Crippen LogP contribution in [0.1, 0.15) is 63.9 Å². The minimum absolute atomic E-state index is 0.00848. The number of hydrogen-bond donors (Lipinski definition) is 1. The quantitative estimate of drug-likeness (QED) is 0.241. The van der Waals surface area contributed by atoms with Crippen LogP contribution >= 0.6 is 0 Å². The number of ether oxygens (including phenoxy) is 1. The minimum Gasteiger partial charge on any atom is -0.469 e. The zero-order valence-electron chi connectivity index (χ0n) is 19.7. The minimum atomic E-state index is -3.37. The molecule has 1 amide bonds. The molecule has 0 radical (unpaired) electrons. The van der Waals surface area contributed by atoms with Crippen LogP contribution < -0.4 is 0 Å². The SMILES string of the molecule is COC(=O)CCCCCCN1C(=O)C(F)(F)C[C@@H]1/C=C/[C@@H](O)C(C)CCCc1ccccc1. The number of rotatable bonds is 14. The Morgan fingerprint density at radius 2 is 1.91 bits per heavy atom. The van der Waals surface area contributed by atoms with Crippen molar-refractivity contribution in [2.24, 2.45) is 5.92 Å². The topological polar surface area (TPSA) is 66.8 Å². The summed E-state index contributed by atoms with van der Waals surface area (Å²) in [4.78, 5) is 24.5. The van der Waals surface area contributed by atoms with E-state index in [0.717, 1.165) is 32.1 Å². The highest BCUT2D eigenvalue weighted by Gasteiger charge is 2.52. The van der Waals surface area contributed by atoms with Gasteiger partial charge in [0.1, 0.15) is 0 Å². The first-order valence-corrected chi connectivity index (χ1v) is 11.9. The highest BCUT2D eigenvalue weighted by Crippen LogP contribution is 2.34. The Bertz CT molecular complexity index is 769. The van der Waals surface area contributed by atoms with E-state index in [1.807, 2.05) is 25.1 Å². The summed E-state index contributed by atoms with van der Waals surface area (Å²) < 4.78 is 32.7. The lowest BCUT2D eigenvalue weighted by Gasteiger charge is -2.22. The van der Waals surface area contributed by atoms with Gasteiger partial charge in [-0.05, 0) is 43.6 Å². The zero-order valence-corrected chi connectivity index (χ0v) is 19.7. The molecule has 0 bridgehead atoms. The molecule has 0 saturated carbocycles. The Kier molecular flexibility index (Phi) is 11.0. The molecule has 1 saturated heterocycles. The number of halogens is 2. The lowest BCUT2D eigenvalue weighted by Crippen LogP contribution is -2.36. The molecule has 1 aliphatic heterocycles. The maximum absolute atomic E-state index is 14.1. The van der Waals surface area contributed by atoms with Gasteiger partial charge in [-0.15, -0.1) is 0 Å². The number of esters is 1. The molecule has 1 heterocycles. The molecule has 1 aliphatic rings. The molecule has 1 aromatic carbocycles. The van der Waals surface area contributed by atoms with Crippen LogP contribution in [0.2, 0.25) is 0 Å². The fourth-order valence-electron chi connectivity index (χ4n) is 4.14. The van der Waals surface area contributed by atoms with E-state index in [1.54, 1.807) is 12.2 Å². The lowest BCUT2D eigenvalue weighted by molar-refractivity contribution is -0.148. The number of nitrogens with zero attached hydrogens (tertiary/aromatic N) is 1. The summed E-state index contributed by atoms with van der Waals surface area (Å²) in [5.41, 5.74) is 1.25. The van der Waals surface area contributed by atoms with Crippen molar-refractivity contribution in [2.45, 2.75) is 82.8 Å². The number of likely N-dealkylation sites (tertiary alicyclic amines) is 1. The summed E-state index contributed by atoms with van der Waals surface area (Å²) in [6, 6.07) is 9.42. The van der Waals surface area contributed by atoms with Crippen molar-refractivity contribution in [1.29, 1.82) is 0 Å². The number of unbranched alkanes of at least 4 members (excludes halogenated alkanes) is 3. The maximum Gasteiger partial charge on any atom is 0.327 e. The second-order valence-corrected chi connectivity index (χ2v) is 8.95. The van der Waals surface area contributed by atoms with Crippen molar-refractivity contribution < 1.29 is 28.2 Å². The molecular formula is C26H37F2NO4. The van der Waals surface area contributed by atoms with Crippen LogP contribution in [0.5, 0.6) is 0 Å². The smallest absolute Gasteiger partial charge is 0.327 e. The van der Waals surface area contributed by atoms with E-state index in [9.17, 15) is 23.5 Å². The molecule has 1 unspecified atom stereocenters. The summed E-state index contributed by atoms with van der Waals surface area (Å²) >= 11 is 0. The Morgan fingerprint density at radius 3 is 2.61 bits per heavy atom. The predicted molar refractivity (Wildman–Crippen MR) is 124 cm³/mol. The largest absolute Gasteiger partial charge is 0.469 e. The molecular weight excluding hydrogens is 428 g/mol. The zero-order chi connectivity index (χ0) is 24.3. The van der Waals surface area contributed by atoms with Gasteiger partial charge in [-0.3, -0.25) is 9.59 Å². The van der Waals surface area contributed by atoms with Crippen LogP contribution in [0.25, 0.3) is 0 Å². The molecule has 33 heavy (non-hydrogen) atoms. The lowest BCUT2D eigenvalue weighted by atomic mass is 9.95. The molecule has 0 spiro atoms. The molecule has 1 fully saturated rings. The Morgan fingerprint density at radius 1 is 1.21 bits per heavy atom.